The lowest BCUT2D eigenvalue weighted by Gasteiger charge is -2.28. The van der Waals surface area contributed by atoms with Crippen molar-refractivity contribution in [2.75, 3.05) is 26.7 Å². The second-order valence-corrected chi connectivity index (χ2v) is 9.01. The van der Waals surface area contributed by atoms with Crippen molar-refractivity contribution in [2.45, 2.75) is 58.9 Å². The molecular weight excluding hydrogens is 438 g/mol. The molecule has 2 amide bonds. The van der Waals surface area contributed by atoms with E-state index in [2.05, 4.69) is 24.0 Å². The molecule has 0 saturated heterocycles. The monoisotopic (exact) mass is 477 g/mol. The van der Waals surface area contributed by atoms with E-state index in [9.17, 15) is 9.59 Å². The Morgan fingerprint density at radius 1 is 0.857 bits per heavy atom. The number of para-hydroxylation sites is 2. The first kappa shape index (κ1) is 26.3. The Kier molecular flexibility index (Phi) is 10.2. The molecule has 0 atom stereocenters. The van der Waals surface area contributed by atoms with Gasteiger partial charge in [-0.15, -0.1) is 0 Å². The number of fused-ring (bicyclic) bond motifs is 1. The molecule has 1 aromatic heterocycles. The molecule has 6 nitrogen and oxygen atoms in total. The van der Waals surface area contributed by atoms with Crippen LogP contribution in [0, 0.1) is 0 Å². The van der Waals surface area contributed by atoms with E-state index in [1.54, 1.807) is 12.0 Å². The maximum absolute atomic E-state index is 13.6. The summed E-state index contributed by atoms with van der Waals surface area (Å²) < 4.78 is 5.54. The van der Waals surface area contributed by atoms with Crippen molar-refractivity contribution < 1.29 is 14.3 Å². The van der Waals surface area contributed by atoms with Gasteiger partial charge in [0.1, 0.15) is 5.75 Å². The van der Waals surface area contributed by atoms with Crippen LogP contribution in [0.1, 0.15) is 57.1 Å². The number of carbonyl (C=O) groups is 2. The van der Waals surface area contributed by atoms with Crippen LogP contribution in [-0.4, -0.2) is 53.3 Å². The second kappa shape index (κ2) is 13.6. The third-order valence-electron chi connectivity index (χ3n) is 6.40. The van der Waals surface area contributed by atoms with Crippen molar-refractivity contribution in [2.24, 2.45) is 0 Å². The summed E-state index contributed by atoms with van der Waals surface area (Å²) in [5, 5.41) is 1.18. The van der Waals surface area contributed by atoms with Crippen LogP contribution in [0.15, 0.2) is 54.7 Å². The predicted molar refractivity (Wildman–Crippen MR) is 141 cm³/mol. The molecule has 0 radical (unpaired) electrons. The van der Waals surface area contributed by atoms with Crippen molar-refractivity contribution >= 4 is 22.7 Å². The zero-order chi connectivity index (χ0) is 25.0. The number of hydrogen-bond donors (Lipinski definition) is 1. The lowest BCUT2D eigenvalue weighted by atomic mass is 10.1. The molecule has 0 bridgehead atoms. The van der Waals surface area contributed by atoms with E-state index in [0.29, 0.717) is 26.1 Å². The van der Waals surface area contributed by atoms with E-state index in [-0.39, 0.29) is 18.4 Å². The van der Waals surface area contributed by atoms with Gasteiger partial charge in [0, 0.05) is 48.7 Å². The predicted octanol–water partition coefficient (Wildman–Crippen LogP) is 5.57. The third-order valence-corrected chi connectivity index (χ3v) is 6.40. The quantitative estimate of drug-likeness (QED) is 0.309. The average Bonchev–Trinajstić information content (AvgIpc) is 3.29. The van der Waals surface area contributed by atoms with E-state index in [1.165, 1.54) is 10.9 Å². The minimum atomic E-state index is -0.0342. The van der Waals surface area contributed by atoms with Crippen molar-refractivity contribution in [3.8, 4) is 5.75 Å². The highest BCUT2D eigenvalue weighted by atomic mass is 16.5. The standard InChI is InChI=1S/C29H39N3O3/c1-4-6-7-16-28(33)31(18-5-2)22-29(34)32(21-24-12-8-11-15-27(24)35-3)19-17-23-20-30-26-14-10-9-13-25(23)26/h8-15,20,30H,4-7,16-19,21-22H2,1-3H3. The number of methoxy groups -OCH3 is 1. The van der Waals surface area contributed by atoms with Gasteiger partial charge in [0.15, 0.2) is 0 Å². The van der Waals surface area contributed by atoms with Crippen LogP contribution < -0.4 is 4.74 Å². The zero-order valence-electron chi connectivity index (χ0n) is 21.4. The summed E-state index contributed by atoms with van der Waals surface area (Å²) in [5.41, 5.74) is 3.23. The van der Waals surface area contributed by atoms with Gasteiger partial charge in [-0.05, 0) is 37.0 Å². The van der Waals surface area contributed by atoms with E-state index in [1.807, 2.05) is 54.4 Å². The fourth-order valence-corrected chi connectivity index (χ4v) is 4.43. The first-order valence-corrected chi connectivity index (χ1v) is 12.8. The van der Waals surface area contributed by atoms with Gasteiger partial charge >= 0.3 is 0 Å². The number of amides is 2. The summed E-state index contributed by atoms with van der Waals surface area (Å²) in [6.07, 6.45) is 7.05. The average molecular weight is 478 g/mol. The molecule has 2 aromatic carbocycles. The van der Waals surface area contributed by atoms with Crippen molar-refractivity contribution in [3.63, 3.8) is 0 Å². The van der Waals surface area contributed by atoms with Gasteiger partial charge in [-0.3, -0.25) is 9.59 Å². The summed E-state index contributed by atoms with van der Waals surface area (Å²) in [6, 6.07) is 16.0. The highest BCUT2D eigenvalue weighted by Gasteiger charge is 2.22. The van der Waals surface area contributed by atoms with E-state index in [4.69, 9.17) is 4.74 Å². The SMILES string of the molecule is CCCCCC(=O)N(CCC)CC(=O)N(CCc1c[nH]c2ccccc12)Cc1ccccc1OC. The fraction of sp³-hybridized carbons (Fsp3) is 0.448. The number of ether oxygens (including phenoxy) is 1. The zero-order valence-corrected chi connectivity index (χ0v) is 21.4. The highest BCUT2D eigenvalue weighted by molar-refractivity contribution is 5.85. The van der Waals surface area contributed by atoms with E-state index < -0.39 is 0 Å². The van der Waals surface area contributed by atoms with Crippen LogP contribution in [0.5, 0.6) is 5.75 Å². The van der Waals surface area contributed by atoms with E-state index in [0.717, 1.165) is 48.9 Å². The van der Waals surface area contributed by atoms with Crippen LogP contribution in [-0.2, 0) is 22.6 Å². The molecule has 6 heteroatoms. The van der Waals surface area contributed by atoms with Gasteiger partial charge in [0.2, 0.25) is 11.8 Å². The van der Waals surface area contributed by atoms with Gasteiger partial charge in [0.05, 0.1) is 13.7 Å². The molecule has 3 aromatic rings. The molecule has 35 heavy (non-hydrogen) atoms. The number of unbranched alkanes of at least 4 members (excludes halogenated alkanes) is 2. The Hall–Kier alpha value is -3.28. The minimum Gasteiger partial charge on any atom is -0.496 e. The normalized spacial score (nSPS) is 10.9. The molecule has 1 heterocycles. The summed E-state index contributed by atoms with van der Waals surface area (Å²) in [5.74, 6) is 0.800. The molecule has 0 spiro atoms. The Morgan fingerprint density at radius 2 is 1.63 bits per heavy atom. The minimum absolute atomic E-state index is 0.0342. The molecule has 188 valence electrons. The molecule has 1 N–H and O–H groups in total. The number of carbonyl (C=O) groups excluding carboxylic acids is 2. The Morgan fingerprint density at radius 3 is 2.40 bits per heavy atom. The van der Waals surface area contributed by atoms with Gasteiger partial charge in [0.25, 0.3) is 0 Å². The molecule has 0 fully saturated rings. The van der Waals surface area contributed by atoms with Crippen LogP contribution in [0.2, 0.25) is 0 Å². The fourth-order valence-electron chi connectivity index (χ4n) is 4.43. The Labute approximate surface area is 209 Å². The summed E-state index contributed by atoms with van der Waals surface area (Å²) in [4.78, 5) is 33.3. The molecule has 0 aliphatic heterocycles. The molecule has 3 rings (SSSR count). The largest absolute Gasteiger partial charge is 0.496 e. The van der Waals surface area contributed by atoms with Crippen LogP contribution in [0.4, 0.5) is 0 Å². The van der Waals surface area contributed by atoms with Gasteiger partial charge < -0.3 is 19.5 Å². The number of aromatic amines is 1. The van der Waals surface area contributed by atoms with Gasteiger partial charge in [-0.1, -0.05) is 63.1 Å². The highest BCUT2D eigenvalue weighted by Crippen LogP contribution is 2.22. The van der Waals surface area contributed by atoms with Crippen molar-refractivity contribution in [1.29, 1.82) is 0 Å². The third kappa shape index (κ3) is 7.35. The molecule has 0 aliphatic carbocycles. The number of hydrogen-bond acceptors (Lipinski definition) is 3. The number of aromatic nitrogens is 1. The number of rotatable bonds is 14. The molecule has 0 unspecified atom stereocenters. The number of benzene rings is 2. The van der Waals surface area contributed by atoms with Crippen LogP contribution in [0.3, 0.4) is 0 Å². The maximum Gasteiger partial charge on any atom is 0.242 e. The van der Waals surface area contributed by atoms with Crippen LogP contribution in [0.25, 0.3) is 10.9 Å². The Balaban J connectivity index is 1.77. The topological polar surface area (TPSA) is 65.6 Å². The molecule has 0 saturated carbocycles. The molecule has 0 aliphatic rings. The Bertz CT molecular complexity index is 1090. The van der Waals surface area contributed by atoms with Crippen molar-refractivity contribution in [3.05, 3.63) is 65.9 Å². The van der Waals surface area contributed by atoms with Crippen molar-refractivity contribution in [1.82, 2.24) is 14.8 Å². The summed E-state index contributed by atoms with van der Waals surface area (Å²) in [7, 11) is 1.65. The summed E-state index contributed by atoms with van der Waals surface area (Å²) in [6.45, 7) is 5.88. The first-order chi connectivity index (χ1) is 17.1. The van der Waals surface area contributed by atoms with Gasteiger partial charge in [-0.25, -0.2) is 0 Å². The lowest BCUT2D eigenvalue weighted by molar-refractivity contribution is -0.141. The first-order valence-electron chi connectivity index (χ1n) is 12.8. The summed E-state index contributed by atoms with van der Waals surface area (Å²) >= 11 is 0. The lowest BCUT2D eigenvalue weighted by Crippen LogP contribution is -2.43. The number of H-pyrrole nitrogens is 1. The number of nitrogens with zero attached hydrogens (tertiary/aromatic N) is 2. The second-order valence-electron chi connectivity index (χ2n) is 9.01. The van der Waals surface area contributed by atoms with Crippen LogP contribution >= 0.6 is 0 Å². The number of nitrogens with one attached hydrogen (secondary N) is 1. The maximum atomic E-state index is 13.6. The molecular formula is C29H39N3O3. The smallest absolute Gasteiger partial charge is 0.242 e. The van der Waals surface area contributed by atoms with E-state index >= 15 is 0 Å². The van der Waals surface area contributed by atoms with Gasteiger partial charge in [-0.2, -0.15) is 0 Å².